The summed E-state index contributed by atoms with van der Waals surface area (Å²) in [5.74, 6) is 0. The minimum absolute atomic E-state index is 0.163. The number of hydroxylamine groups is 2. The SMILES string of the molecule is O=C(N(O)O)N1CC[C@H](O)C1. The van der Waals surface area contributed by atoms with Gasteiger partial charge in [0.15, 0.2) is 0 Å². The number of aliphatic hydroxyl groups is 1. The molecule has 0 bridgehead atoms. The van der Waals surface area contributed by atoms with Crippen LogP contribution < -0.4 is 0 Å². The maximum Gasteiger partial charge on any atom is 0.369 e. The van der Waals surface area contributed by atoms with E-state index in [9.17, 15) is 4.79 Å². The van der Waals surface area contributed by atoms with Crippen molar-refractivity contribution in [3.05, 3.63) is 0 Å². The Balaban J connectivity index is 2.43. The number of likely N-dealkylation sites (tertiary alicyclic amines) is 1. The van der Waals surface area contributed by atoms with Gasteiger partial charge in [0, 0.05) is 13.1 Å². The fourth-order valence-corrected chi connectivity index (χ4v) is 1.04. The van der Waals surface area contributed by atoms with Crippen molar-refractivity contribution in [2.45, 2.75) is 12.5 Å². The number of urea groups is 1. The van der Waals surface area contributed by atoms with Gasteiger partial charge in [-0.15, -0.1) is 0 Å². The van der Waals surface area contributed by atoms with E-state index < -0.39 is 17.4 Å². The molecule has 1 aliphatic rings. The van der Waals surface area contributed by atoms with Crippen LogP contribution >= 0.6 is 0 Å². The molecule has 6 heteroatoms. The standard InChI is InChI=1S/C5H10N2O4/c8-4-1-2-6(3-4)5(9)7(10)11/h4,8,10-11H,1-3H2/t4-/m0/s1. The zero-order valence-electron chi connectivity index (χ0n) is 5.84. The highest BCUT2D eigenvalue weighted by Gasteiger charge is 2.26. The lowest BCUT2D eigenvalue weighted by Gasteiger charge is -2.16. The molecule has 0 aromatic heterocycles. The van der Waals surface area contributed by atoms with Crippen molar-refractivity contribution in [1.82, 2.24) is 10.1 Å². The molecule has 64 valence electrons. The third-order valence-corrected chi connectivity index (χ3v) is 1.60. The van der Waals surface area contributed by atoms with E-state index in [4.69, 9.17) is 15.5 Å². The van der Waals surface area contributed by atoms with Crippen LogP contribution in [0.4, 0.5) is 4.79 Å². The molecule has 0 spiro atoms. The van der Waals surface area contributed by atoms with E-state index in [1.807, 2.05) is 0 Å². The summed E-state index contributed by atoms with van der Waals surface area (Å²) in [6, 6.07) is -0.901. The average Bonchev–Trinajstić information content (AvgIpc) is 2.34. The molecule has 1 heterocycles. The van der Waals surface area contributed by atoms with E-state index in [1.165, 1.54) is 0 Å². The highest BCUT2D eigenvalue weighted by molar-refractivity contribution is 5.72. The van der Waals surface area contributed by atoms with E-state index >= 15 is 0 Å². The predicted molar refractivity (Wildman–Crippen MR) is 33.0 cm³/mol. The second-order valence-electron chi connectivity index (χ2n) is 2.46. The summed E-state index contributed by atoms with van der Waals surface area (Å²) in [7, 11) is 0. The fourth-order valence-electron chi connectivity index (χ4n) is 1.04. The molecule has 0 unspecified atom stereocenters. The van der Waals surface area contributed by atoms with Crippen molar-refractivity contribution in [3.8, 4) is 0 Å². The molecule has 0 aromatic carbocycles. The van der Waals surface area contributed by atoms with E-state index in [-0.39, 0.29) is 6.54 Å². The number of rotatable bonds is 0. The van der Waals surface area contributed by atoms with Crippen LogP contribution in [0.3, 0.4) is 0 Å². The molecule has 1 aliphatic heterocycles. The normalized spacial score (nSPS) is 23.9. The van der Waals surface area contributed by atoms with Crippen LogP contribution in [-0.2, 0) is 0 Å². The quantitative estimate of drug-likeness (QED) is 0.323. The van der Waals surface area contributed by atoms with Gasteiger partial charge in [0.25, 0.3) is 0 Å². The average molecular weight is 162 g/mol. The van der Waals surface area contributed by atoms with E-state index in [0.29, 0.717) is 13.0 Å². The lowest BCUT2D eigenvalue weighted by molar-refractivity contribution is -0.263. The van der Waals surface area contributed by atoms with Gasteiger partial charge in [-0.3, -0.25) is 10.4 Å². The number of aliphatic hydroxyl groups excluding tert-OH is 1. The molecule has 0 saturated carbocycles. The van der Waals surface area contributed by atoms with Crippen molar-refractivity contribution >= 4 is 6.03 Å². The third-order valence-electron chi connectivity index (χ3n) is 1.60. The number of amides is 2. The minimum atomic E-state index is -0.901. The smallest absolute Gasteiger partial charge is 0.369 e. The highest BCUT2D eigenvalue weighted by Crippen LogP contribution is 2.09. The van der Waals surface area contributed by atoms with E-state index in [1.54, 1.807) is 0 Å². The van der Waals surface area contributed by atoms with Crippen molar-refractivity contribution < 1.29 is 20.3 Å². The maximum absolute atomic E-state index is 10.7. The van der Waals surface area contributed by atoms with E-state index in [2.05, 4.69) is 0 Å². The van der Waals surface area contributed by atoms with Crippen molar-refractivity contribution in [1.29, 1.82) is 0 Å². The van der Waals surface area contributed by atoms with Crippen molar-refractivity contribution in [2.75, 3.05) is 13.1 Å². The van der Waals surface area contributed by atoms with Crippen LogP contribution in [-0.4, -0.2) is 50.9 Å². The molecule has 0 radical (unpaired) electrons. The summed E-state index contributed by atoms with van der Waals surface area (Å²) in [5, 5.41) is 25.0. The highest BCUT2D eigenvalue weighted by atomic mass is 16.8. The van der Waals surface area contributed by atoms with Crippen LogP contribution in [0.15, 0.2) is 0 Å². The number of hydrogen-bond donors (Lipinski definition) is 3. The molecule has 1 fully saturated rings. The lowest BCUT2D eigenvalue weighted by atomic mass is 10.3. The van der Waals surface area contributed by atoms with Gasteiger partial charge < -0.3 is 10.0 Å². The molecule has 6 nitrogen and oxygen atoms in total. The summed E-state index contributed by atoms with van der Waals surface area (Å²) in [6.07, 6.45) is -0.0570. The predicted octanol–water partition coefficient (Wildman–Crippen LogP) is -0.747. The summed E-state index contributed by atoms with van der Waals surface area (Å²) < 4.78 is 0. The van der Waals surface area contributed by atoms with Gasteiger partial charge in [-0.2, -0.15) is 0 Å². The summed E-state index contributed by atoms with van der Waals surface area (Å²) in [5.41, 5.74) is 0. The summed E-state index contributed by atoms with van der Waals surface area (Å²) in [4.78, 5) is 11.9. The van der Waals surface area contributed by atoms with Crippen molar-refractivity contribution in [3.63, 3.8) is 0 Å². The number of β-amino-alcohol motifs (C(OH)–C–C–N with tert-alkyl or cyclic N) is 1. The van der Waals surface area contributed by atoms with Gasteiger partial charge in [0.2, 0.25) is 0 Å². The van der Waals surface area contributed by atoms with Crippen LogP contribution in [0.1, 0.15) is 6.42 Å². The Morgan fingerprint density at radius 1 is 1.55 bits per heavy atom. The molecular formula is C5H10N2O4. The largest absolute Gasteiger partial charge is 0.391 e. The molecule has 3 N–H and O–H groups in total. The number of hydrogen-bond acceptors (Lipinski definition) is 4. The van der Waals surface area contributed by atoms with E-state index in [0.717, 1.165) is 4.90 Å². The van der Waals surface area contributed by atoms with Crippen LogP contribution in [0.5, 0.6) is 0 Å². The lowest BCUT2D eigenvalue weighted by Crippen LogP contribution is -2.38. The molecule has 1 rings (SSSR count). The third kappa shape index (κ3) is 1.79. The molecule has 1 saturated heterocycles. The molecule has 0 aromatic rings. The molecule has 11 heavy (non-hydrogen) atoms. The Morgan fingerprint density at radius 3 is 2.55 bits per heavy atom. The number of carbonyl (C=O) groups excluding carboxylic acids is 1. The maximum atomic E-state index is 10.7. The Hall–Kier alpha value is -0.850. The van der Waals surface area contributed by atoms with Crippen LogP contribution in [0, 0.1) is 0 Å². The van der Waals surface area contributed by atoms with Gasteiger partial charge in [-0.1, -0.05) is 5.23 Å². The Morgan fingerprint density at radius 2 is 2.18 bits per heavy atom. The summed E-state index contributed by atoms with van der Waals surface area (Å²) >= 11 is 0. The van der Waals surface area contributed by atoms with Gasteiger partial charge in [-0.05, 0) is 6.42 Å². The molecule has 0 aliphatic carbocycles. The minimum Gasteiger partial charge on any atom is -0.391 e. The first-order chi connectivity index (χ1) is 5.11. The second-order valence-corrected chi connectivity index (χ2v) is 2.46. The first-order valence-electron chi connectivity index (χ1n) is 3.26. The Labute approximate surface area is 63.2 Å². The molecule has 2 amide bonds. The van der Waals surface area contributed by atoms with Gasteiger partial charge in [0.1, 0.15) is 0 Å². The van der Waals surface area contributed by atoms with Crippen LogP contribution in [0.2, 0.25) is 0 Å². The van der Waals surface area contributed by atoms with Gasteiger partial charge in [-0.25, -0.2) is 4.79 Å². The van der Waals surface area contributed by atoms with Gasteiger partial charge >= 0.3 is 6.03 Å². The molecular weight excluding hydrogens is 152 g/mol. The fraction of sp³-hybridized carbons (Fsp3) is 0.800. The first-order valence-corrected chi connectivity index (χ1v) is 3.26. The van der Waals surface area contributed by atoms with Gasteiger partial charge in [0.05, 0.1) is 6.10 Å². The number of carbonyl (C=O) groups is 1. The first kappa shape index (κ1) is 8.25. The monoisotopic (exact) mass is 162 g/mol. The second kappa shape index (κ2) is 3.04. The number of nitrogens with zero attached hydrogens (tertiary/aromatic N) is 2. The summed E-state index contributed by atoms with van der Waals surface area (Å²) in [6.45, 7) is 0.522. The molecule has 1 atom stereocenters. The zero-order valence-corrected chi connectivity index (χ0v) is 5.84. The van der Waals surface area contributed by atoms with Crippen LogP contribution in [0.25, 0.3) is 0 Å². The Kier molecular flexibility index (Phi) is 2.28. The topological polar surface area (TPSA) is 84.2 Å². The zero-order chi connectivity index (χ0) is 8.43. The Bertz CT molecular complexity index is 161. The van der Waals surface area contributed by atoms with Crippen molar-refractivity contribution in [2.24, 2.45) is 0 Å².